The largest absolute Gasteiger partial charge is 0.464 e. The van der Waals surface area contributed by atoms with E-state index in [1.165, 1.54) is 0 Å². The highest BCUT2D eigenvalue weighted by Gasteiger charge is 2.33. The Kier molecular flexibility index (Phi) is 3.23. The van der Waals surface area contributed by atoms with Gasteiger partial charge in [-0.1, -0.05) is 0 Å². The van der Waals surface area contributed by atoms with Crippen LogP contribution in [0.25, 0.3) is 5.95 Å². The number of hydrogen-bond acceptors (Lipinski definition) is 6. The van der Waals surface area contributed by atoms with Crippen molar-refractivity contribution in [3.63, 3.8) is 0 Å². The molecule has 7 nitrogen and oxygen atoms in total. The zero-order chi connectivity index (χ0) is 14.0. The van der Waals surface area contributed by atoms with Crippen molar-refractivity contribution in [2.75, 3.05) is 12.3 Å². The highest BCUT2D eigenvalue weighted by atomic mass is 19.4. The zero-order valence-corrected chi connectivity index (χ0v) is 9.72. The second kappa shape index (κ2) is 4.71. The van der Waals surface area contributed by atoms with E-state index in [1.807, 2.05) is 0 Å². The summed E-state index contributed by atoms with van der Waals surface area (Å²) in [5, 5.41) is 3.32. The van der Waals surface area contributed by atoms with Crippen LogP contribution in [0.15, 0.2) is 12.3 Å². The molecule has 0 bridgehead atoms. The topological polar surface area (TPSA) is 91.7 Å². The molecule has 0 unspecified atom stereocenters. The van der Waals surface area contributed by atoms with Crippen LogP contribution in [-0.4, -0.2) is 31.3 Å². The minimum Gasteiger partial charge on any atom is -0.464 e. The lowest BCUT2D eigenvalue weighted by atomic mass is 10.4. The molecule has 0 spiro atoms. The smallest absolute Gasteiger partial charge is 0.435 e. The molecule has 0 radical (unpaired) electrons. The van der Waals surface area contributed by atoms with E-state index in [4.69, 9.17) is 10.5 Å². The second-order valence-corrected chi connectivity index (χ2v) is 3.35. The molecule has 0 aliphatic heterocycles. The van der Waals surface area contributed by atoms with Crippen LogP contribution < -0.4 is 10.5 Å². The Hall–Kier alpha value is -2.39. The molecule has 2 rings (SSSR count). The van der Waals surface area contributed by atoms with Crippen molar-refractivity contribution in [2.45, 2.75) is 13.1 Å². The van der Waals surface area contributed by atoms with E-state index in [2.05, 4.69) is 20.1 Å². The van der Waals surface area contributed by atoms with Gasteiger partial charge in [0.1, 0.15) is 0 Å². The van der Waals surface area contributed by atoms with Gasteiger partial charge in [0, 0.05) is 6.20 Å². The quantitative estimate of drug-likeness (QED) is 0.899. The number of nitrogens with zero attached hydrogens (tertiary/aromatic N) is 5. The van der Waals surface area contributed by atoms with Crippen molar-refractivity contribution >= 4 is 5.95 Å². The third-order valence-electron chi connectivity index (χ3n) is 1.98. The minimum absolute atomic E-state index is 0.0749. The van der Waals surface area contributed by atoms with E-state index in [0.717, 1.165) is 16.9 Å². The van der Waals surface area contributed by atoms with Gasteiger partial charge in [0.15, 0.2) is 5.69 Å². The molecule has 0 aliphatic rings. The lowest BCUT2D eigenvalue weighted by molar-refractivity contribution is -0.141. The number of hydrogen-bond donors (Lipinski definition) is 1. The molecule has 0 saturated carbocycles. The summed E-state index contributed by atoms with van der Waals surface area (Å²) in [6.07, 6.45) is -3.46. The van der Waals surface area contributed by atoms with E-state index in [0.29, 0.717) is 0 Å². The first kappa shape index (κ1) is 13.1. The van der Waals surface area contributed by atoms with Crippen molar-refractivity contribution in [1.82, 2.24) is 24.7 Å². The molecule has 2 heterocycles. The minimum atomic E-state index is -4.54. The molecule has 19 heavy (non-hydrogen) atoms. The average Bonchev–Trinajstić information content (AvgIpc) is 2.77. The predicted octanol–water partition coefficient (Wildman–Crippen LogP) is 1.06. The lowest BCUT2D eigenvalue weighted by Crippen LogP contribution is -2.11. The molecule has 0 aromatic carbocycles. The third kappa shape index (κ3) is 2.89. The van der Waals surface area contributed by atoms with Gasteiger partial charge in [-0.15, -0.1) is 0 Å². The maximum absolute atomic E-state index is 12.4. The normalized spacial score (nSPS) is 11.6. The van der Waals surface area contributed by atoms with Gasteiger partial charge >= 0.3 is 12.2 Å². The van der Waals surface area contributed by atoms with E-state index in [9.17, 15) is 13.2 Å². The summed E-state index contributed by atoms with van der Waals surface area (Å²) in [7, 11) is 0. The fourth-order valence-electron chi connectivity index (χ4n) is 1.24. The van der Waals surface area contributed by atoms with Crippen molar-refractivity contribution in [3.05, 3.63) is 18.0 Å². The Balaban J connectivity index is 2.38. The van der Waals surface area contributed by atoms with Gasteiger partial charge < -0.3 is 10.5 Å². The van der Waals surface area contributed by atoms with Crippen LogP contribution in [0.2, 0.25) is 0 Å². The van der Waals surface area contributed by atoms with Gasteiger partial charge in [-0.05, 0) is 13.0 Å². The summed E-state index contributed by atoms with van der Waals surface area (Å²) in [6.45, 7) is 1.99. The first-order valence-electron chi connectivity index (χ1n) is 5.17. The SMILES string of the molecule is CCOc1nc(N)nc(-n2ccc(C(F)(F)F)n2)n1. The number of aromatic nitrogens is 5. The van der Waals surface area contributed by atoms with Crippen LogP contribution in [0.1, 0.15) is 12.6 Å². The van der Waals surface area contributed by atoms with Gasteiger partial charge in [-0.3, -0.25) is 0 Å². The second-order valence-electron chi connectivity index (χ2n) is 3.35. The molecule has 102 valence electrons. The summed E-state index contributed by atoms with van der Waals surface area (Å²) in [6, 6.07) is 0.731. The van der Waals surface area contributed by atoms with Gasteiger partial charge in [0.25, 0.3) is 5.95 Å². The Morgan fingerprint density at radius 3 is 2.63 bits per heavy atom. The number of nitrogens with two attached hydrogens (primary N) is 1. The molecular formula is C9H9F3N6O. The molecule has 0 atom stereocenters. The van der Waals surface area contributed by atoms with E-state index in [-0.39, 0.29) is 24.5 Å². The Bertz CT molecular complexity index is 582. The number of ether oxygens (including phenoxy) is 1. The summed E-state index contributed by atoms with van der Waals surface area (Å²) in [5.41, 5.74) is 4.36. The molecule has 10 heteroatoms. The Morgan fingerprint density at radius 1 is 1.32 bits per heavy atom. The molecule has 0 amide bonds. The van der Waals surface area contributed by atoms with Gasteiger partial charge in [-0.25, -0.2) is 4.68 Å². The van der Waals surface area contributed by atoms with Crippen LogP contribution in [0.5, 0.6) is 6.01 Å². The summed E-state index contributed by atoms with van der Waals surface area (Å²) >= 11 is 0. The highest BCUT2D eigenvalue weighted by Crippen LogP contribution is 2.27. The summed E-state index contributed by atoms with van der Waals surface area (Å²) in [4.78, 5) is 11.2. The van der Waals surface area contributed by atoms with Crippen LogP contribution >= 0.6 is 0 Å². The Labute approximate surface area is 105 Å². The van der Waals surface area contributed by atoms with E-state index < -0.39 is 11.9 Å². The fourth-order valence-corrected chi connectivity index (χ4v) is 1.24. The zero-order valence-electron chi connectivity index (χ0n) is 9.72. The van der Waals surface area contributed by atoms with Crippen LogP contribution in [-0.2, 0) is 6.18 Å². The molecule has 2 aromatic rings. The predicted molar refractivity (Wildman–Crippen MR) is 57.5 cm³/mol. The number of anilines is 1. The molecule has 0 aliphatic carbocycles. The number of alkyl halides is 3. The van der Waals surface area contributed by atoms with Crippen molar-refractivity contribution in [3.8, 4) is 12.0 Å². The van der Waals surface area contributed by atoms with Crippen molar-refractivity contribution in [1.29, 1.82) is 0 Å². The van der Waals surface area contributed by atoms with Gasteiger partial charge in [-0.2, -0.15) is 33.2 Å². The molecule has 0 saturated heterocycles. The molecule has 2 N–H and O–H groups in total. The molecule has 2 aromatic heterocycles. The van der Waals surface area contributed by atoms with Crippen molar-refractivity contribution < 1.29 is 17.9 Å². The summed E-state index contributed by atoms with van der Waals surface area (Å²) < 4.78 is 43.1. The number of rotatable bonds is 3. The van der Waals surface area contributed by atoms with E-state index >= 15 is 0 Å². The maximum atomic E-state index is 12.4. The molecule has 0 fully saturated rings. The lowest BCUT2D eigenvalue weighted by Gasteiger charge is -2.05. The van der Waals surface area contributed by atoms with Crippen LogP contribution in [0.3, 0.4) is 0 Å². The number of halogens is 3. The molecular weight excluding hydrogens is 265 g/mol. The highest BCUT2D eigenvalue weighted by molar-refractivity contribution is 5.25. The average molecular weight is 274 g/mol. The third-order valence-corrected chi connectivity index (χ3v) is 1.98. The standard InChI is InChI=1S/C9H9F3N6O/c1-2-19-8-15-6(13)14-7(16-8)18-4-3-5(17-18)9(10,11)12/h3-4H,2H2,1H3,(H2,13,14,15,16). The summed E-state index contributed by atoms with van der Waals surface area (Å²) in [5.74, 6) is -0.316. The fraction of sp³-hybridized carbons (Fsp3) is 0.333. The van der Waals surface area contributed by atoms with Gasteiger partial charge in [0.2, 0.25) is 5.95 Å². The van der Waals surface area contributed by atoms with E-state index in [1.54, 1.807) is 6.92 Å². The van der Waals surface area contributed by atoms with Crippen LogP contribution in [0.4, 0.5) is 19.1 Å². The first-order chi connectivity index (χ1) is 8.90. The first-order valence-corrected chi connectivity index (χ1v) is 5.17. The van der Waals surface area contributed by atoms with Gasteiger partial charge in [0.05, 0.1) is 6.61 Å². The Morgan fingerprint density at radius 2 is 2.05 bits per heavy atom. The van der Waals surface area contributed by atoms with Crippen molar-refractivity contribution in [2.24, 2.45) is 0 Å². The monoisotopic (exact) mass is 274 g/mol. The van der Waals surface area contributed by atoms with Crippen LogP contribution in [0, 0.1) is 0 Å². The maximum Gasteiger partial charge on any atom is 0.435 e. The number of nitrogen functional groups attached to an aromatic ring is 1.